The molecular formula is C18H13F8N3O3. The Bertz CT molecular complexity index is 1010. The lowest BCUT2D eigenvalue weighted by atomic mass is 10.1. The zero-order chi connectivity index (χ0) is 24.3. The van der Waals surface area contributed by atoms with E-state index in [2.05, 4.69) is 4.84 Å². The number of rotatable bonds is 5. The van der Waals surface area contributed by atoms with E-state index in [-0.39, 0.29) is 10.6 Å². The van der Waals surface area contributed by atoms with Crippen LogP contribution in [0.2, 0.25) is 0 Å². The van der Waals surface area contributed by atoms with Gasteiger partial charge in [-0.05, 0) is 29.8 Å². The Morgan fingerprint density at radius 1 is 1.06 bits per heavy atom. The van der Waals surface area contributed by atoms with Gasteiger partial charge >= 0.3 is 18.3 Å². The number of hydrogen-bond acceptors (Lipinski definition) is 4. The van der Waals surface area contributed by atoms with E-state index in [9.17, 15) is 39.9 Å². The highest BCUT2D eigenvalue weighted by Crippen LogP contribution is 2.30. The molecule has 0 aliphatic carbocycles. The summed E-state index contributed by atoms with van der Waals surface area (Å²) in [6, 6.07) is 5.35. The first kappa shape index (κ1) is 24.7. The molecule has 0 fully saturated rings. The fourth-order valence-electron chi connectivity index (χ4n) is 2.29. The van der Waals surface area contributed by atoms with Gasteiger partial charge in [0.15, 0.2) is 11.6 Å². The van der Waals surface area contributed by atoms with Crippen molar-refractivity contribution in [1.29, 1.82) is 5.41 Å². The number of alkyl halides is 6. The Labute approximate surface area is 174 Å². The molecule has 0 amide bonds. The van der Waals surface area contributed by atoms with Crippen molar-refractivity contribution in [3.8, 4) is 5.75 Å². The van der Waals surface area contributed by atoms with Gasteiger partial charge in [-0.15, -0.1) is 0 Å². The van der Waals surface area contributed by atoms with Crippen molar-refractivity contribution in [3.63, 3.8) is 0 Å². The summed E-state index contributed by atoms with van der Waals surface area (Å²) in [4.78, 5) is 14.8. The molecule has 0 atom stereocenters. The number of hydroxylamine groups is 2. The normalized spacial score (nSPS) is 11.8. The van der Waals surface area contributed by atoms with Crippen molar-refractivity contribution in [2.24, 2.45) is 5.73 Å². The van der Waals surface area contributed by atoms with Gasteiger partial charge in [0, 0.05) is 0 Å². The van der Waals surface area contributed by atoms with E-state index in [4.69, 9.17) is 15.9 Å². The molecule has 0 aliphatic heterocycles. The van der Waals surface area contributed by atoms with Crippen LogP contribution in [0.4, 0.5) is 35.1 Å². The van der Waals surface area contributed by atoms with E-state index >= 15 is 0 Å². The fourth-order valence-corrected chi connectivity index (χ4v) is 2.29. The van der Waals surface area contributed by atoms with Crippen LogP contribution < -0.4 is 10.5 Å². The third-order valence-corrected chi connectivity index (χ3v) is 3.79. The number of nitrogens with two attached hydrogens (primary N) is 1. The first-order valence-electron chi connectivity index (χ1n) is 8.36. The second-order valence-electron chi connectivity index (χ2n) is 6.12. The van der Waals surface area contributed by atoms with Gasteiger partial charge in [-0.25, -0.2) is 13.6 Å². The highest BCUT2D eigenvalue weighted by molar-refractivity contribution is 5.79. The Kier molecular flexibility index (Phi) is 7.16. The molecular weight excluding hydrogens is 458 g/mol. The van der Waals surface area contributed by atoms with Crippen molar-refractivity contribution in [2.45, 2.75) is 25.5 Å². The van der Waals surface area contributed by atoms with Crippen LogP contribution in [-0.4, -0.2) is 23.2 Å². The van der Waals surface area contributed by atoms with E-state index in [0.717, 1.165) is 24.3 Å². The number of nitrogens with zero attached hydrogens (tertiary/aromatic N) is 1. The Balaban J connectivity index is 2.23. The molecule has 2 aromatic rings. The molecule has 0 unspecified atom stereocenters. The van der Waals surface area contributed by atoms with Gasteiger partial charge in [0.05, 0.1) is 17.7 Å². The van der Waals surface area contributed by atoms with Crippen molar-refractivity contribution in [2.75, 3.05) is 0 Å². The number of ether oxygens (including phenoxy) is 1. The first-order chi connectivity index (χ1) is 14.7. The summed E-state index contributed by atoms with van der Waals surface area (Å²) in [7, 11) is 0. The van der Waals surface area contributed by atoms with Crippen molar-refractivity contribution in [3.05, 3.63) is 64.7 Å². The van der Waals surface area contributed by atoms with Crippen LogP contribution in [0, 0.1) is 17.0 Å². The molecule has 0 aliphatic rings. The molecule has 0 saturated carbocycles. The Hall–Kier alpha value is -3.58. The van der Waals surface area contributed by atoms with Gasteiger partial charge in [-0.2, -0.15) is 31.4 Å². The fraction of sp³-hybridized carbons (Fsp3) is 0.222. The molecule has 0 heterocycles. The second kappa shape index (κ2) is 9.28. The van der Waals surface area contributed by atoms with Crippen molar-refractivity contribution in [1.82, 2.24) is 5.06 Å². The van der Waals surface area contributed by atoms with Crippen molar-refractivity contribution >= 4 is 11.9 Å². The zero-order valence-corrected chi connectivity index (χ0v) is 15.7. The van der Waals surface area contributed by atoms with Crippen LogP contribution >= 0.6 is 0 Å². The number of benzene rings is 2. The lowest BCUT2D eigenvalue weighted by molar-refractivity contribution is -0.227. The summed E-state index contributed by atoms with van der Waals surface area (Å²) >= 11 is 0. The summed E-state index contributed by atoms with van der Waals surface area (Å²) in [6.45, 7) is -1.79. The molecule has 2 rings (SSSR count). The summed E-state index contributed by atoms with van der Waals surface area (Å²) in [6.07, 6.45) is -10.1. The Morgan fingerprint density at radius 2 is 1.72 bits per heavy atom. The van der Waals surface area contributed by atoms with Gasteiger partial charge in [0.1, 0.15) is 12.4 Å². The van der Waals surface area contributed by atoms with Crippen LogP contribution in [0.15, 0.2) is 36.4 Å². The van der Waals surface area contributed by atoms with Crippen LogP contribution in [0.5, 0.6) is 5.75 Å². The lowest BCUT2D eigenvalue weighted by Crippen LogP contribution is -2.41. The minimum Gasteiger partial charge on any atom is -0.486 e. The molecule has 32 heavy (non-hydrogen) atoms. The molecule has 0 saturated heterocycles. The SMILES string of the molecule is N=C(N)N(Cc1c(F)ccc(OCc2cccc(C(F)(F)F)c2)c1F)OC(=O)C(F)(F)F. The van der Waals surface area contributed by atoms with Gasteiger partial charge in [0.2, 0.25) is 5.96 Å². The average molecular weight is 471 g/mol. The highest BCUT2D eigenvalue weighted by atomic mass is 19.4. The van der Waals surface area contributed by atoms with E-state index in [1.54, 1.807) is 0 Å². The molecule has 3 N–H and O–H groups in total. The first-order valence-corrected chi connectivity index (χ1v) is 8.36. The van der Waals surface area contributed by atoms with Crippen LogP contribution in [0.25, 0.3) is 0 Å². The third-order valence-electron chi connectivity index (χ3n) is 3.79. The maximum atomic E-state index is 14.7. The summed E-state index contributed by atoms with van der Waals surface area (Å²) in [5.74, 6) is -7.47. The Morgan fingerprint density at radius 3 is 2.28 bits per heavy atom. The maximum Gasteiger partial charge on any atom is 0.493 e. The molecule has 0 radical (unpaired) electrons. The van der Waals surface area contributed by atoms with Crippen LogP contribution in [0.3, 0.4) is 0 Å². The minimum absolute atomic E-state index is 0.00503. The topological polar surface area (TPSA) is 88.6 Å². The monoisotopic (exact) mass is 471 g/mol. The highest BCUT2D eigenvalue weighted by Gasteiger charge is 2.43. The number of guanidine groups is 1. The van der Waals surface area contributed by atoms with Gasteiger partial charge in [-0.3, -0.25) is 5.41 Å². The standard InChI is InChI=1S/C18H13F8N3O3/c19-12-4-5-13(31-8-9-2-1-3-10(6-9)17(21,22)23)14(20)11(12)7-29(16(27)28)32-15(30)18(24,25)26/h1-6H,7-8H2,(H3,27,28). The van der Waals surface area contributed by atoms with Crippen molar-refractivity contribution < 1.29 is 49.5 Å². The summed E-state index contributed by atoms with van der Waals surface area (Å²) in [5.41, 5.74) is 3.03. The molecule has 0 bridgehead atoms. The number of nitrogens with one attached hydrogen (secondary N) is 1. The predicted molar refractivity (Wildman–Crippen MR) is 91.7 cm³/mol. The zero-order valence-electron chi connectivity index (χ0n) is 15.7. The number of halogens is 8. The summed E-state index contributed by atoms with van der Waals surface area (Å²) in [5, 5.41) is 6.95. The maximum absolute atomic E-state index is 14.7. The number of hydrogen-bond donors (Lipinski definition) is 2. The third kappa shape index (κ3) is 6.21. The molecule has 6 nitrogen and oxygen atoms in total. The lowest BCUT2D eigenvalue weighted by Gasteiger charge is -2.22. The average Bonchev–Trinajstić information content (AvgIpc) is 2.68. The molecule has 174 valence electrons. The largest absolute Gasteiger partial charge is 0.493 e. The summed E-state index contributed by atoms with van der Waals surface area (Å²) < 4.78 is 109. The molecule has 2 aromatic carbocycles. The predicted octanol–water partition coefficient (Wildman–Crippen LogP) is 4.28. The van der Waals surface area contributed by atoms with Gasteiger partial charge in [0.25, 0.3) is 0 Å². The molecule has 14 heteroatoms. The van der Waals surface area contributed by atoms with E-state index in [1.165, 1.54) is 6.07 Å². The number of carbonyl (C=O) groups is 1. The number of carbonyl (C=O) groups excluding carboxylic acids is 1. The smallest absolute Gasteiger partial charge is 0.486 e. The van der Waals surface area contributed by atoms with Crippen LogP contribution in [-0.2, 0) is 29.0 Å². The van der Waals surface area contributed by atoms with Gasteiger partial charge in [-0.1, -0.05) is 12.1 Å². The molecule has 0 aromatic heterocycles. The van der Waals surface area contributed by atoms with Crippen LogP contribution in [0.1, 0.15) is 16.7 Å². The molecule has 0 spiro atoms. The van der Waals surface area contributed by atoms with Gasteiger partial charge < -0.3 is 15.3 Å². The van der Waals surface area contributed by atoms with E-state index in [0.29, 0.717) is 6.07 Å². The second-order valence-corrected chi connectivity index (χ2v) is 6.12. The quantitative estimate of drug-likeness (QED) is 0.294. The van der Waals surface area contributed by atoms with E-state index < -0.39 is 65.9 Å². The minimum atomic E-state index is -5.47. The van der Waals surface area contributed by atoms with E-state index in [1.807, 2.05) is 0 Å².